The van der Waals surface area contributed by atoms with Gasteiger partial charge in [0.2, 0.25) is 0 Å². The average molecular weight is 327 g/mol. The monoisotopic (exact) mass is 327 g/mol. The summed E-state index contributed by atoms with van der Waals surface area (Å²) in [5.74, 6) is -1.73. The molecule has 122 valence electrons. The van der Waals surface area contributed by atoms with E-state index in [4.69, 9.17) is 15.2 Å². The Morgan fingerprint density at radius 2 is 1.96 bits per heavy atom. The van der Waals surface area contributed by atoms with E-state index in [0.717, 1.165) is 0 Å². The first kappa shape index (κ1) is 15.1. The van der Waals surface area contributed by atoms with E-state index in [9.17, 15) is 14.9 Å². The molecule has 24 heavy (non-hydrogen) atoms. The normalized spacial score (nSPS) is 45.4. The first-order valence-corrected chi connectivity index (χ1v) is 7.66. The molecule has 0 radical (unpaired) electrons. The Morgan fingerprint density at radius 1 is 1.29 bits per heavy atom. The first-order valence-electron chi connectivity index (χ1n) is 7.66. The summed E-state index contributed by atoms with van der Waals surface area (Å²) in [6, 6.07) is 10.2. The zero-order chi connectivity index (χ0) is 17.4. The van der Waals surface area contributed by atoms with Crippen molar-refractivity contribution in [3.63, 3.8) is 0 Å². The van der Waals surface area contributed by atoms with Gasteiger partial charge in [-0.25, -0.2) is 9.38 Å². The molecule has 0 aromatic heterocycles. The molecule has 5 atom stereocenters. The van der Waals surface area contributed by atoms with Gasteiger partial charge < -0.3 is 9.47 Å². The minimum atomic E-state index is -1.48. The Kier molecular flexibility index (Phi) is 2.59. The van der Waals surface area contributed by atoms with E-state index < -0.39 is 28.0 Å². The van der Waals surface area contributed by atoms with Crippen molar-refractivity contribution < 1.29 is 18.9 Å². The number of ether oxygens (including phenoxy) is 2. The number of amidine groups is 1. The molecule has 1 aliphatic carbocycles. The summed E-state index contributed by atoms with van der Waals surface area (Å²) in [4.78, 5) is 2.91. The number of nitrogens with one attached hydrogen (secondary N) is 1. The number of benzene rings is 1. The van der Waals surface area contributed by atoms with Gasteiger partial charge in [-0.2, -0.15) is 10.5 Å². The highest BCUT2D eigenvalue weighted by molar-refractivity contribution is 5.97. The van der Waals surface area contributed by atoms with Crippen molar-refractivity contribution >= 4 is 5.84 Å². The molecule has 0 unspecified atom stereocenters. The highest BCUT2D eigenvalue weighted by Gasteiger charge is 3.03. The number of fused-ring (bicyclic) bond motifs is 2. The second-order valence-electron chi connectivity index (χ2n) is 6.75. The van der Waals surface area contributed by atoms with Crippen molar-refractivity contribution in [2.45, 2.75) is 31.3 Å². The van der Waals surface area contributed by atoms with Crippen molar-refractivity contribution in [1.82, 2.24) is 0 Å². The molecule has 3 N–H and O–H groups in total. The number of nitrogens with zero attached hydrogens (tertiary/aromatic N) is 2. The fourth-order valence-corrected chi connectivity index (χ4v) is 4.72. The smallest absolute Gasteiger partial charge is 0.311 e. The van der Waals surface area contributed by atoms with E-state index in [-0.39, 0.29) is 18.5 Å². The summed E-state index contributed by atoms with van der Waals surface area (Å²) >= 11 is 0. The first-order chi connectivity index (χ1) is 11.3. The van der Waals surface area contributed by atoms with Crippen LogP contribution in [-0.2, 0) is 14.9 Å². The van der Waals surface area contributed by atoms with E-state index in [2.05, 4.69) is 17.1 Å². The van der Waals surface area contributed by atoms with Crippen molar-refractivity contribution in [2.24, 2.45) is 16.6 Å². The van der Waals surface area contributed by atoms with Gasteiger partial charge in [-0.05, 0) is 24.6 Å². The molecule has 1 aromatic rings. The van der Waals surface area contributed by atoms with Crippen LogP contribution in [0.15, 0.2) is 24.3 Å². The molecule has 2 fully saturated rings. The van der Waals surface area contributed by atoms with Crippen LogP contribution in [0.1, 0.15) is 19.4 Å². The lowest BCUT2D eigenvalue weighted by atomic mass is 9.84. The van der Waals surface area contributed by atoms with Crippen molar-refractivity contribution in [2.75, 3.05) is 6.61 Å². The van der Waals surface area contributed by atoms with Crippen molar-refractivity contribution in [1.29, 1.82) is 10.5 Å². The van der Waals surface area contributed by atoms with Crippen LogP contribution in [0, 0.1) is 39.3 Å². The third kappa shape index (κ3) is 1.17. The van der Waals surface area contributed by atoms with E-state index in [0.29, 0.717) is 5.56 Å². The minimum absolute atomic E-state index is 0.146. The summed E-state index contributed by atoms with van der Waals surface area (Å²) in [5.41, 5.74) is 3.13. The van der Waals surface area contributed by atoms with Gasteiger partial charge in [-0.3, -0.25) is 5.73 Å². The molecule has 2 aliphatic heterocycles. The maximum Gasteiger partial charge on any atom is 0.344 e. The summed E-state index contributed by atoms with van der Waals surface area (Å²) in [6.07, 6.45) is -0.247. The van der Waals surface area contributed by atoms with Crippen LogP contribution >= 0.6 is 0 Å². The van der Waals surface area contributed by atoms with E-state index in [1.807, 2.05) is 6.92 Å². The molecule has 1 aromatic carbocycles. The summed E-state index contributed by atoms with van der Waals surface area (Å²) in [6.45, 7) is 3.88. The summed E-state index contributed by atoms with van der Waals surface area (Å²) in [7, 11) is 0. The van der Waals surface area contributed by atoms with Crippen LogP contribution in [0.3, 0.4) is 0 Å². The Balaban J connectivity index is 1.98. The molecule has 7 heteroatoms. The molecule has 3 aliphatic rings. The molecule has 0 amide bonds. The van der Waals surface area contributed by atoms with Gasteiger partial charge in [0.05, 0.1) is 30.3 Å². The molecular weight excluding hydrogens is 311 g/mol. The molecule has 0 bridgehead atoms. The molecule has 1 spiro atoms. The zero-order valence-corrected chi connectivity index (χ0v) is 13.3. The van der Waals surface area contributed by atoms with Crippen molar-refractivity contribution in [3.05, 3.63) is 35.6 Å². The number of rotatable bonds is 1. The second kappa shape index (κ2) is 4.13. The maximum absolute atomic E-state index is 13.3. The zero-order valence-electron chi connectivity index (χ0n) is 13.3. The highest BCUT2D eigenvalue weighted by atomic mass is 19.1. The van der Waals surface area contributed by atoms with Crippen LogP contribution in [0.25, 0.3) is 0 Å². The minimum Gasteiger partial charge on any atom is -0.311 e. The molecule has 6 nitrogen and oxygen atoms in total. The van der Waals surface area contributed by atoms with E-state index in [1.165, 1.54) is 12.1 Å². The number of nitrogens with two attached hydrogens (primary N) is 1. The van der Waals surface area contributed by atoms with Crippen LogP contribution < -0.4 is 10.7 Å². The maximum atomic E-state index is 13.3. The van der Waals surface area contributed by atoms with E-state index >= 15 is 0 Å². The van der Waals surface area contributed by atoms with Gasteiger partial charge in [0.1, 0.15) is 5.82 Å². The van der Waals surface area contributed by atoms with Gasteiger partial charge in [-0.1, -0.05) is 19.1 Å². The van der Waals surface area contributed by atoms with Crippen LogP contribution in [0.2, 0.25) is 0 Å². The van der Waals surface area contributed by atoms with Crippen LogP contribution in [0.4, 0.5) is 4.39 Å². The van der Waals surface area contributed by atoms with Crippen LogP contribution in [0.5, 0.6) is 0 Å². The topological polar surface area (TPSA) is 106 Å². The van der Waals surface area contributed by atoms with Gasteiger partial charge in [0.15, 0.2) is 10.8 Å². The quantitative estimate of drug-likeness (QED) is 0.734. The summed E-state index contributed by atoms with van der Waals surface area (Å²) < 4.78 is 25.1. The Hall–Kier alpha value is -2.48. The molecule has 1 saturated heterocycles. The molecule has 2 heterocycles. The third-order valence-corrected chi connectivity index (χ3v) is 5.84. The lowest BCUT2D eigenvalue weighted by Crippen LogP contribution is -2.90. The standard InChI is InChI=1S/C17H15FN4O2/c1-10-7-23-17(24-10)16(9-20)14(2,11-3-5-12(18)6-4-11)15(16,8-19)13(21)22-17/h3-6,10H,7H2,1-2H3,(H2,21,22)/p+1/t10-,14+,15+,16-,17+/m1/s1. The van der Waals surface area contributed by atoms with Gasteiger partial charge in [0, 0.05) is 0 Å². The number of nitriles is 2. The largest absolute Gasteiger partial charge is 0.344 e. The Bertz CT molecular complexity index is 857. The Labute approximate surface area is 138 Å². The number of hydrogen-bond donors (Lipinski definition) is 2. The third-order valence-electron chi connectivity index (χ3n) is 5.84. The SMILES string of the molecule is C[C@@H]1CO[C@]2([NH+]=C(N)[C@@]3(C#N)[C@](C)(c4ccc(F)cc4)[C@@]23C#N)O1. The number of hydrogen-bond acceptors (Lipinski definition) is 5. The highest BCUT2D eigenvalue weighted by Crippen LogP contribution is 2.82. The van der Waals surface area contributed by atoms with Crippen LogP contribution in [-0.4, -0.2) is 24.5 Å². The fourth-order valence-electron chi connectivity index (χ4n) is 4.72. The van der Waals surface area contributed by atoms with Gasteiger partial charge >= 0.3 is 5.91 Å². The predicted octanol–water partition coefficient (Wildman–Crippen LogP) is -0.343. The molecule has 1 saturated carbocycles. The molecular formula is C17H16FN4O2+. The average Bonchev–Trinajstić information content (AvgIpc) is 2.75. The van der Waals surface area contributed by atoms with Gasteiger partial charge in [-0.15, -0.1) is 0 Å². The number of halogens is 1. The summed E-state index contributed by atoms with van der Waals surface area (Å²) in [5, 5.41) is 20.1. The van der Waals surface area contributed by atoms with Gasteiger partial charge in [0.25, 0.3) is 5.84 Å². The fraction of sp³-hybridized carbons (Fsp3) is 0.471. The molecule has 4 rings (SSSR count). The Morgan fingerprint density at radius 3 is 2.46 bits per heavy atom. The second-order valence-corrected chi connectivity index (χ2v) is 6.75. The van der Waals surface area contributed by atoms with E-state index in [1.54, 1.807) is 19.1 Å². The lowest BCUT2D eigenvalue weighted by molar-refractivity contribution is -0.679. The lowest BCUT2D eigenvalue weighted by Gasteiger charge is -2.27. The predicted molar refractivity (Wildman–Crippen MR) is 79.2 cm³/mol. The van der Waals surface area contributed by atoms with Crippen molar-refractivity contribution in [3.8, 4) is 12.1 Å².